The normalized spacial score (nSPS) is 34.8. The van der Waals surface area contributed by atoms with Gasteiger partial charge in [-0.3, -0.25) is 4.79 Å². The summed E-state index contributed by atoms with van der Waals surface area (Å²) in [5, 5.41) is 0. The minimum atomic E-state index is -0.382. The van der Waals surface area contributed by atoms with Crippen LogP contribution in [0.25, 0.3) is 0 Å². The first kappa shape index (κ1) is 21.6. The standard InChI is InChI=1S/C25H38O3/c1-8-11-24(6,7)18(3)22(26)10-9-20-17(2)12-19-13-25(14-21(19)20)27-15-23(4,5)16-28-25/h9-10,17-21H,12-16H2,1-7H3/b10-9+/t17-,18?,19-,20+,21+/m1/s1. The van der Waals surface area contributed by atoms with Gasteiger partial charge in [0.15, 0.2) is 11.6 Å². The van der Waals surface area contributed by atoms with Crippen LogP contribution in [0.2, 0.25) is 0 Å². The second kappa shape index (κ2) is 7.62. The van der Waals surface area contributed by atoms with Crippen LogP contribution in [0.4, 0.5) is 0 Å². The maximum atomic E-state index is 12.8. The van der Waals surface area contributed by atoms with E-state index in [-0.39, 0.29) is 28.3 Å². The molecule has 0 bridgehead atoms. The van der Waals surface area contributed by atoms with Gasteiger partial charge in [0.2, 0.25) is 0 Å². The fourth-order valence-electron chi connectivity index (χ4n) is 5.37. The molecule has 5 atom stereocenters. The van der Waals surface area contributed by atoms with Crippen LogP contribution in [0.15, 0.2) is 12.2 Å². The van der Waals surface area contributed by atoms with E-state index in [0.717, 1.165) is 26.1 Å². The Hall–Kier alpha value is -1.11. The first-order valence-corrected chi connectivity index (χ1v) is 10.9. The van der Waals surface area contributed by atoms with Crippen LogP contribution in [-0.2, 0) is 14.3 Å². The zero-order chi connectivity index (χ0) is 20.7. The van der Waals surface area contributed by atoms with Gasteiger partial charge in [0.1, 0.15) is 0 Å². The lowest BCUT2D eigenvalue weighted by Crippen LogP contribution is -2.46. The van der Waals surface area contributed by atoms with Crippen molar-refractivity contribution in [1.82, 2.24) is 0 Å². The van der Waals surface area contributed by atoms with Gasteiger partial charge in [-0.15, -0.1) is 5.92 Å². The van der Waals surface area contributed by atoms with Crippen LogP contribution < -0.4 is 0 Å². The van der Waals surface area contributed by atoms with Gasteiger partial charge in [0, 0.05) is 29.6 Å². The lowest BCUT2D eigenvalue weighted by atomic mass is 9.77. The summed E-state index contributed by atoms with van der Waals surface area (Å²) in [5.74, 6) is 8.08. The molecule has 3 aliphatic rings. The Balaban J connectivity index is 1.67. The summed E-state index contributed by atoms with van der Waals surface area (Å²) in [6.07, 6.45) is 7.20. The molecule has 2 saturated carbocycles. The lowest BCUT2D eigenvalue weighted by Gasteiger charge is -2.42. The van der Waals surface area contributed by atoms with Gasteiger partial charge in [-0.2, -0.15) is 0 Å². The average molecular weight is 387 g/mol. The zero-order valence-corrected chi connectivity index (χ0v) is 18.8. The second-order valence-corrected chi connectivity index (χ2v) is 10.9. The molecule has 0 aromatic heterocycles. The van der Waals surface area contributed by atoms with Crippen molar-refractivity contribution in [2.75, 3.05) is 13.2 Å². The van der Waals surface area contributed by atoms with Gasteiger partial charge >= 0.3 is 0 Å². The Morgan fingerprint density at radius 1 is 1.21 bits per heavy atom. The molecule has 1 heterocycles. The summed E-state index contributed by atoms with van der Waals surface area (Å²) in [7, 11) is 0. The lowest BCUT2D eigenvalue weighted by molar-refractivity contribution is -0.298. The van der Waals surface area contributed by atoms with Crippen molar-refractivity contribution in [1.29, 1.82) is 0 Å². The van der Waals surface area contributed by atoms with Crippen LogP contribution in [0.3, 0.4) is 0 Å². The molecule has 1 aliphatic heterocycles. The van der Waals surface area contributed by atoms with E-state index in [2.05, 4.69) is 38.7 Å². The maximum absolute atomic E-state index is 12.8. The monoisotopic (exact) mass is 386 g/mol. The van der Waals surface area contributed by atoms with Crippen molar-refractivity contribution < 1.29 is 14.3 Å². The number of carbonyl (C=O) groups excluding carboxylic acids is 1. The molecule has 1 unspecified atom stereocenters. The summed E-state index contributed by atoms with van der Waals surface area (Å²) in [6, 6.07) is 0. The number of ketones is 1. The molecule has 0 aromatic rings. The number of ether oxygens (including phenoxy) is 2. The van der Waals surface area contributed by atoms with Crippen molar-refractivity contribution in [3.8, 4) is 11.8 Å². The Labute approximate surface area is 171 Å². The van der Waals surface area contributed by atoms with Crippen LogP contribution >= 0.6 is 0 Å². The molecule has 3 nitrogen and oxygen atoms in total. The molecule has 0 radical (unpaired) electrons. The van der Waals surface area contributed by atoms with Gasteiger partial charge in [-0.25, -0.2) is 0 Å². The van der Waals surface area contributed by atoms with E-state index < -0.39 is 0 Å². The minimum Gasteiger partial charge on any atom is -0.349 e. The Morgan fingerprint density at radius 3 is 2.46 bits per heavy atom. The SMILES string of the molecule is CC#CC(C)(C)C(C)C(=O)/C=C/[C@@H]1[C@H]2CC3(C[C@H]2C[C@H]1C)OCC(C)(C)CO3. The van der Waals surface area contributed by atoms with Gasteiger partial charge < -0.3 is 9.47 Å². The Kier molecular flexibility index (Phi) is 5.87. The summed E-state index contributed by atoms with van der Waals surface area (Å²) in [4.78, 5) is 12.8. The topological polar surface area (TPSA) is 35.5 Å². The molecular weight excluding hydrogens is 348 g/mol. The summed E-state index contributed by atoms with van der Waals surface area (Å²) in [6.45, 7) is 16.2. The number of hydrogen-bond acceptors (Lipinski definition) is 3. The number of carbonyl (C=O) groups is 1. The largest absolute Gasteiger partial charge is 0.349 e. The Bertz CT molecular complexity index is 680. The summed E-state index contributed by atoms with van der Waals surface area (Å²) < 4.78 is 12.5. The number of allylic oxidation sites excluding steroid dienone is 2. The van der Waals surface area contributed by atoms with Crippen molar-refractivity contribution in [3.63, 3.8) is 0 Å². The number of fused-ring (bicyclic) bond motifs is 1. The van der Waals surface area contributed by atoms with Crippen LogP contribution in [0.5, 0.6) is 0 Å². The van der Waals surface area contributed by atoms with Crippen molar-refractivity contribution >= 4 is 5.78 Å². The van der Waals surface area contributed by atoms with Crippen LogP contribution in [0.1, 0.15) is 67.7 Å². The molecule has 28 heavy (non-hydrogen) atoms. The molecule has 1 spiro atoms. The molecule has 2 aliphatic carbocycles. The zero-order valence-electron chi connectivity index (χ0n) is 18.8. The second-order valence-electron chi connectivity index (χ2n) is 10.9. The first-order chi connectivity index (χ1) is 13.0. The highest BCUT2D eigenvalue weighted by molar-refractivity contribution is 5.92. The molecule has 3 rings (SSSR count). The third-order valence-corrected chi connectivity index (χ3v) is 7.44. The van der Waals surface area contributed by atoms with Gasteiger partial charge in [-0.1, -0.05) is 39.7 Å². The Morgan fingerprint density at radius 2 is 1.86 bits per heavy atom. The molecule has 0 aromatic carbocycles. The van der Waals surface area contributed by atoms with E-state index in [1.54, 1.807) is 0 Å². The van der Waals surface area contributed by atoms with E-state index in [1.807, 2.05) is 33.8 Å². The molecule has 3 heteroatoms. The molecule has 1 saturated heterocycles. The predicted octanol–water partition coefficient (Wildman–Crippen LogP) is 5.25. The smallest absolute Gasteiger partial charge is 0.168 e. The molecule has 0 amide bonds. The van der Waals surface area contributed by atoms with E-state index >= 15 is 0 Å². The number of rotatable bonds is 4. The first-order valence-electron chi connectivity index (χ1n) is 10.9. The van der Waals surface area contributed by atoms with Gasteiger partial charge in [0.25, 0.3) is 0 Å². The molecule has 0 N–H and O–H groups in total. The van der Waals surface area contributed by atoms with Gasteiger partial charge in [-0.05, 0) is 56.9 Å². The van der Waals surface area contributed by atoms with Gasteiger partial charge in [0.05, 0.1) is 13.2 Å². The summed E-state index contributed by atoms with van der Waals surface area (Å²) in [5.41, 5.74) is -0.194. The van der Waals surface area contributed by atoms with Crippen molar-refractivity contribution in [2.24, 2.45) is 40.4 Å². The predicted molar refractivity (Wildman–Crippen MR) is 112 cm³/mol. The maximum Gasteiger partial charge on any atom is 0.168 e. The van der Waals surface area contributed by atoms with Crippen molar-refractivity contribution in [2.45, 2.75) is 73.5 Å². The van der Waals surface area contributed by atoms with Crippen LogP contribution in [0, 0.1) is 52.3 Å². The van der Waals surface area contributed by atoms with Crippen molar-refractivity contribution in [3.05, 3.63) is 12.2 Å². The highest BCUT2D eigenvalue weighted by Gasteiger charge is 2.55. The highest BCUT2D eigenvalue weighted by Crippen LogP contribution is 2.57. The molecule has 3 fully saturated rings. The third-order valence-electron chi connectivity index (χ3n) is 7.44. The fraction of sp³-hybridized carbons (Fsp3) is 0.800. The molecular formula is C25H38O3. The quantitative estimate of drug-likeness (QED) is 0.489. The molecule has 156 valence electrons. The van der Waals surface area contributed by atoms with E-state index in [4.69, 9.17) is 9.47 Å². The minimum absolute atomic E-state index is 0.103. The average Bonchev–Trinajstić information content (AvgIpc) is 3.08. The fourth-order valence-corrected chi connectivity index (χ4v) is 5.37. The third kappa shape index (κ3) is 4.24. The van der Waals surface area contributed by atoms with E-state index in [1.165, 1.54) is 6.42 Å². The highest BCUT2D eigenvalue weighted by atomic mass is 16.7. The number of hydrogen-bond donors (Lipinski definition) is 0. The summed E-state index contributed by atoms with van der Waals surface area (Å²) >= 11 is 0. The van der Waals surface area contributed by atoms with E-state index in [0.29, 0.717) is 23.7 Å². The van der Waals surface area contributed by atoms with E-state index in [9.17, 15) is 4.79 Å². The van der Waals surface area contributed by atoms with Crippen LogP contribution in [-0.4, -0.2) is 24.8 Å².